The summed E-state index contributed by atoms with van der Waals surface area (Å²) in [5.74, 6) is -0.795. The number of carboxylic acid groups (broad SMARTS) is 1. The van der Waals surface area contributed by atoms with Crippen molar-refractivity contribution in [3.05, 3.63) is 12.7 Å². The Morgan fingerprint density at radius 1 is 1.05 bits per heavy atom. The number of carboxylic acids is 1. The summed E-state index contributed by atoms with van der Waals surface area (Å²) in [7, 11) is 0. The zero-order chi connectivity index (χ0) is 16.6. The molecule has 0 aromatic rings. The Kier molecular flexibility index (Phi) is 13.6. The van der Waals surface area contributed by atoms with Gasteiger partial charge in [0.15, 0.2) is 0 Å². The maximum absolute atomic E-state index is 11.7. The van der Waals surface area contributed by atoms with Crippen LogP contribution < -0.4 is 5.32 Å². The predicted octanol–water partition coefficient (Wildman–Crippen LogP) is 1.40. The van der Waals surface area contributed by atoms with Gasteiger partial charge in [-0.05, 0) is 25.7 Å². The van der Waals surface area contributed by atoms with Gasteiger partial charge in [-0.3, -0.25) is 9.59 Å². The second-order valence-corrected chi connectivity index (χ2v) is 5.30. The molecule has 0 aromatic heterocycles. The molecule has 0 aromatic carbocycles. The Morgan fingerprint density at radius 2 is 1.82 bits per heavy atom. The van der Waals surface area contributed by atoms with E-state index in [2.05, 4.69) is 11.9 Å². The molecule has 6 nitrogen and oxygen atoms in total. The highest BCUT2D eigenvalue weighted by atomic mass is 16.4. The first-order valence-electron chi connectivity index (χ1n) is 8.02. The first-order chi connectivity index (χ1) is 10.6. The summed E-state index contributed by atoms with van der Waals surface area (Å²) in [6.45, 7) is 5.94. The summed E-state index contributed by atoms with van der Waals surface area (Å²) in [4.78, 5) is 24.2. The van der Waals surface area contributed by atoms with Crippen LogP contribution in [-0.2, 0) is 9.59 Å². The third kappa shape index (κ3) is 13.6. The molecule has 0 aliphatic carbocycles. The molecule has 0 saturated heterocycles. The molecule has 0 unspecified atom stereocenters. The molecule has 6 heteroatoms. The first-order valence-corrected chi connectivity index (χ1v) is 8.02. The Labute approximate surface area is 133 Å². The number of allylic oxidation sites excluding steroid dienone is 1. The monoisotopic (exact) mass is 314 g/mol. The van der Waals surface area contributed by atoms with Crippen molar-refractivity contribution in [2.75, 3.05) is 32.8 Å². The van der Waals surface area contributed by atoms with Gasteiger partial charge in [0.1, 0.15) is 0 Å². The van der Waals surface area contributed by atoms with Crippen molar-refractivity contribution in [1.29, 1.82) is 0 Å². The van der Waals surface area contributed by atoms with E-state index >= 15 is 0 Å². The number of amides is 1. The fourth-order valence-electron chi connectivity index (χ4n) is 2.08. The number of aliphatic carboxylic acids is 1. The van der Waals surface area contributed by atoms with Crippen LogP contribution in [0, 0.1) is 0 Å². The third-order valence-corrected chi connectivity index (χ3v) is 3.34. The number of rotatable bonds is 15. The molecule has 0 saturated carbocycles. The van der Waals surface area contributed by atoms with Gasteiger partial charge in [0.25, 0.3) is 0 Å². The summed E-state index contributed by atoms with van der Waals surface area (Å²) in [5.41, 5.74) is 0. The summed E-state index contributed by atoms with van der Waals surface area (Å²) in [5, 5.41) is 20.4. The van der Waals surface area contributed by atoms with Gasteiger partial charge in [0, 0.05) is 39.2 Å². The number of carbonyl (C=O) groups excluding carboxylic acids is 1. The molecule has 0 aliphatic rings. The van der Waals surface area contributed by atoms with E-state index in [0.29, 0.717) is 39.0 Å². The second kappa shape index (κ2) is 14.5. The number of unbranched alkanes of at least 4 members (excludes halogenated alkanes) is 3. The molecule has 128 valence electrons. The Balaban J connectivity index is 3.77. The lowest BCUT2D eigenvalue weighted by Gasteiger charge is -2.21. The average Bonchev–Trinajstić information content (AvgIpc) is 2.49. The van der Waals surface area contributed by atoms with Crippen LogP contribution >= 0.6 is 0 Å². The molecule has 0 aliphatic heterocycles. The minimum Gasteiger partial charge on any atom is -0.481 e. The summed E-state index contributed by atoms with van der Waals surface area (Å²) < 4.78 is 0. The van der Waals surface area contributed by atoms with Crippen LogP contribution in [0.5, 0.6) is 0 Å². The third-order valence-electron chi connectivity index (χ3n) is 3.34. The average molecular weight is 314 g/mol. The molecule has 0 rings (SSSR count). The van der Waals surface area contributed by atoms with E-state index in [-0.39, 0.29) is 18.9 Å². The van der Waals surface area contributed by atoms with E-state index in [0.717, 1.165) is 25.7 Å². The number of nitrogens with zero attached hydrogens (tertiary/aromatic N) is 1. The highest BCUT2D eigenvalue weighted by molar-refractivity contribution is 5.75. The normalized spacial score (nSPS) is 10.6. The van der Waals surface area contributed by atoms with E-state index in [1.807, 2.05) is 11.0 Å². The van der Waals surface area contributed by atoms with E-state index in [1.165, 1.54) is 0 Å². The van der Waals surface area contributed by atoms with Crippen molar-refractivity contribution in [3.8, 4) is 0 Å². The largest absolute Gasteiger partial charge is 0.481 e. The smallest absolute Gasteiger partial charge is 0.304 e. The van der Waals surface area contributed by atoms with Gasteiger partial charge in [0.05, 0.1) is 6.42 Å². The zero-order valence-electron chi connectivity index (χ0n) is 13.4. The van der Waals surface area contributed by atoms with Gasteiger partial charge in [-0.25, -0.2) is 0 Å². The molecular formula is C16H30N2O4. The lowest BCUT2D eigenvalue weighted by Crippen LogP contribution is -2.36. The first kappa shape index (κ1) is 20.6. The molecule has 0 spiro atoms. The van der Waals surface area contributed by atoms with Crippen LogP contribution in [0.1, 0.15) is 44.9 Å². The fraction of sp³-hybridized carbons (Fsp3) is 0.750. The molecule has 0 fully saturated rings. The van der Waals surface area contributed by atoms with Crippen LogP contribution in [0.3, 0.4) is 0 Å². The molecule has 0 radical (unpaired) electrons. The van der Waals surface area contributed by atoms with Gasteiger partial charge in [0.2, 0.25) is 5.91 Å². The van der Waals surface area contributed by atoms with Gasteiger partial charge in [-0.2, -0.15) is 0 Å². The van der Waals surface area contributed by atoms with Crippen LogP contribution in [0.4, 0.5) is 0 Å². The SMILES string of the molecule is C=CCCCCCC(=O)NCCN(CCCO)CCC(=O)O. The number of hydrogen-bond acceptors (Lipinski definition) is 4. The summed E-state index contributed by atoms with van der Waals surface area (Å²) in [6, 6.07) is 0. The molecule has 0 bridgehead atoms. The van der Waals surface area contributed by atoms with E-state index in [9.17, 15) is 9.59 Å². The van der Waals surface area contributed by atoms with E-state index in [1.54, 1.807) is 0 Å². The van der Waals surface area contributed by atoms with Crippen molar-refractivity contribution in [2.24, 2.45) is 0 Å². The molecular weight excluding hydrogens is 284 g/mol. The molecule has 22 heavy (non-hydrogen) atoms. The number of aliphatic hydroxyl groups excluding tert-OH is 1. The van der Waals surface area contributed by atoms with Crippen LogP contribution in [0.15, 0.2) is 12.7 Å². The highest BCUT2D eigenvalue weighted by Gasteiger charge is 2.08. The molecule has 3 N–H and O–H groups in total. The van der Waals surface area contributed by atoms with Crippen LogP contribution in [-0.4, -0.2) is 59.8 Å². The minimum absolute atomic E-state index is 0.0407. The fourth-order valence-corrected chi connectivity index (χ4v) is 2.08. The molecule has 1 amide bonds. The maximum Gasteiger partial charge on any atom is 0.304 e. The van der Waals surface area contributed by atoms with Gasteiger partial charge < -0.3 is 20.4 Å². The summed E-state index contributed by atoms with van der Waals surface area (Å²) >= 11 is 0. The summed E-state index contributed by atoms with van der Waals surface area (Å²) in [6.07, 6.45) is 7.07. The van der Waals surface area contributed by atoms with Gasteiger partial charge >= 0.3 is 5.97 Å². The zero-order valence-corrected chi connectivity index (χ0v) is 13.4. The highest BCUT2D eigenvalue weighted by Crippen LogP contribution is 2.03. The van der Waals surface area contributed by atoms with Gasteiger partial charge in [-0.1, -0.05) is 12.5 Å². The minimum atomic E-state index is -0.836. The molecule has 0 heterocycles. The number of carbonyl (C=O) groups is 2. The number of hydrogen-bond donors (Lipinski definition) is 3. The Hall–Kier alpha value is -1.40. The second-order valence-electron chi connectivity index (χ2n) is 5.30. The number of aliphatic hydroxyl groups is 1. The number of nitrogens with one attached hydrogen (secondary N) is 1. The quantitative estimate of drug-likeness (QED) is 0.314. The van der Waals surface area contributed by atoms with Crippen molar-refractivity contribution >= 4 is 11.9 Å². The molecule has 0 atom stereocenters. The topological polar surface area (TPSA) is 89.9 Å². The Morgan fingerprint density at radius 3 is 2.45 bits per heavy atom. The maximum atomic E-state index is 11.7. The van der Waals surface area contributed by atoms with E-state index < -0.39 is 5.97 Å². The standard InChI is InChI=1S/C16H30N2O4/c1-2-3-4-5-6-8-15(20)17-10-13-18(11-7-14-19)12-9-16(21)22/h2,19H,1,3-14H2,(H,17,20)(H,21,22). The Bertz CT molecular complexity index is 321. The van der Waals surface area contributed by atoms with Crippen LogP contribution in [0.2, 0.25) is 0 Å². The lowest BCUT2D eigenvalue weighted by atomic mass is 10.1. The van der Waals surface area contributed by atoms with Crippen molar-refractivity contribution in [2.45, 2.75) is 44.9 Å². The lowest BCUT2D eigenvalue weighted by molar-refractivity contribution is -0.137. The van der Waals surface area contributed by atoms with Crippen molar-refractivity contribution < 1.29 is 19.8 Å². The van der Waals surface area contributed by atoms with Crippen molar-refractivity contribution in [1.82, 2.24) is 10.2 Å². The van der Waals surface area contributed by atoms with Crippen molar-refractivity contribution in [3.63, 3.8) is 0 Å². The predicted molar refractivity (Wildman–Crippen MR) is 86.7 cm³/mol. The van der Waals surface area contributed by atoms with Crippen LogP contribution in [0.25, 0.3) is 0 Å². The van der Waals surface area contributed by atoms with Gasteiger partial charge in [-0.15, -0.1) is 6.58 Å². The van der Waals surface area contributed by atoms with E-state index in [4.69, 9.17) is 10.2 Å².